The largest absolute Gasteiger partial charge is 0.465 e. The molecule has 3 saturated heterocycles. The zero-order valence-corrected chi connectivity index (χ0v) is 25.2. The van der Waals surface area contributed by atoms with Crippen LogP contribution in [0, 0.1) is 11.8 Å². The maximum absolute atomic E-state index is 14.2. The van der Waals surface area contributed by atoms with Crippen molar-refractivity contribution in [2.75, 3.05) is 32.8 Å². The van der Waals surface area contributed by atoms with Gasteiger partial charge < -0.3 is 19.6 Å². The lowest BCUT2D eigenvalue weighted by molar-refractivity contribution is -0.154. The molecule has 2 bridgehead atoms. The number of nitrogens with zero attached hydrogens (tertiary/aromatic N) is 2. The predicted octanol–water partition coefficient (Wildman–Crippen LogP) is 4.72. The summed E-state index contributed by atoms with van der Waals surface area (Å²) in [5.74, 6) is -1.52. The van der Waals surface area contributed by atoms with Crippen molar-refractivity contribution in [1.29, 1.82) is 0 Å². The summed E-state index contributed by atoms with van der Waals surface area (Å²) in [4.78, 5) is 45.4. The summed E-state index contributed by atoms with van der Waals surface area (Å²) in [7, 11) is 0. The first-order valence-electron chi connectivity index (χ1n) is 14.3. The van der Waals surface area contributed by atoms with E-state index in [2.05, 4.69) is 36.0 Å². The quantitative estimate of drug-likeness (QED) is 0.104. The highest BCUT2D eigenvalue weighted by atomic mass is 79.9. The van der Waals surface area contributed by atoms with Crippen LogP contribution in [-0.4, -0.2) is 86.4 Å². The van der Waals surface area contributed by atoms with Crippen LogP contribution in [0.3, 0.4) is 0 Å². The van der Waals surface area contributed by atoms with E-state index < -0.39 is 22.6 Å². The normalized spacial score (nSPS) is 29.4. The Morgan fingerprint density at radius 1 is 1.18 bits per heavy atom. The van der Waals surface area contributed by atoms with Crippen molar-refractivity contribution in [1.82, 2.24) is 9.80 Å². The van der Waals surface area contributed by atoms with Gasteiger partial charge in [0.15, 0.2) is 0 Å². The molecule has 3 heterocycles. The Balaban J connectivity index is 1.88. The molecule has 0 radical (unpaired) electrons. The number of carbonyl (C=O) groups is 3. The second kappa shape index (κ2) is 14.9. The van der Waals surface area contributed by atoms with Crippen LogP contribution >= 0.6 is 27.7 Å². The van der Waals surface area contributed by atoms with Gasteiger partial charge in [-0.1, -0.05) is 54.3 Å². The molecule has 2 amide bonds. The molecule has 7 nitrogen and oxygen atoms in total. The molecule has 1 spiro atoms. The van der Waals surface area contributed by atoms with E-state index in [-0.39, 0.29) is 34.5 Å². The standard InChI is InChI=1S/C29H45BrN2O5S/c1-4-7-9-14-19-37-28(36)22-23-26(34)32(17-12-10-11-13-18-33)25(29(23)20-21(30)24(22)38-29)27(35)31(15-6-3)16-8-5-2/h4,6,21-25,33H,1,3,5,7-20H2,2H3/t21?,22-,23+,24-,25?,29?/m1/s1. The van der Waals surface area contributed by atoms with Gasteiger partial charge in [-0.05, 0) is 44.9 Å². The molecule has 3 unspecified atom stereocenters. The molecular weight excluding hydrogens is 568 g/mol. The molecule has 3 rings (SSSR count). The second-order valence-corrected chi connectivity index (χ2v) is 13.4. The minimum absolute atomic E-state index is 0.0316. The van der Waals surface area contributed by atoms with Crippen molar-refractivity contribution in [2.45, 2.75) is 92.0 Å². The van der Waals surface area contributed by atoms with E-state index in [4.69, 9.17) is 9.84 Å². The number of halogens is 1. The number of hydrogen-bond donors (Lipinski definition) is 1. The van der Waals surface area contributed by atoms with Gasteiger partial charge in [0.1, 0.15) is 6.04 Å². The van der Waals surface area contributed by atoms with Crippen LogP contribution in [0.25, 0.3) is 0 Å². The van der Waals surface area contributed by atoms with E-state index in [0.717, 1.165) is 57.8 Å². The molecule has 0 aliphatic carbocycles. The molecule has 3 fully saturated rings. The number of likely N-dealkylation sites (tertiary alicyclic amines) is 1. The molecule has 0 aromatic rings. The molecule has 0 aromatic heterocycles. The van der Waals surface area contributed by atoms with Crippen LogP contribution < -0.4 is 0 Å². The summed E-state index contributed by atoms with van der Waals surface area (Å²) in [5.41, 5.74) is 0. The van der Waals surface area contributed by atoms with Crippen molar-refractivity contribution in [2.24, 2.45) is 11.8 Å². The molecule has 214 valence electrons. The summed E-state index contributed by atoms with van der Waals surface area (Å²) >= 11 is 5.47. The third-order valence-electron chi connectivity index (χ3n) is 8.09. The molecule has 3 aliphatic rings. The Morgan fingerprint density at radius 2 is 1.95 bits per heavy atom. The van der Waals surface area contributed by atoms with E-state index in [1.807, 2.05) is 11.0 Å². The third-order valence-corrected chi connectivity index (χ3v) is 11.3. The number of carbonyl (C=O) groups excluding carboxylic acids is 3. The summed E-state index contributed by atoms with van der Waals surface area (Å²) in [5, 5.41) is 9.04. The number of hydrogen-bond acceptors (Lipinski definition) is 6. The SMILES string of the molecule is C=CCCCCOC(=O)[C@H]1[C@@H]2SC3(CC2Br)C(C(=O)N(CC=C)CCCC)N(CCCCCCO)C(=O)[C@H]13. The molecule has 3 aliphatic heterocycles. The number of unbranched alkanes of at least 4 members (excludes halogenated alkanes) is 6. The first-order chi connectivity index (χ1) is 18.4. The van der Waals surface area contributed by atoms with Gasteiger partial charge in [0.25, 0.3) is 0 Å². The van der Waals surface area contributed by atoms with Crippen molar-refractivity contribution in [3.63, 3.8) is 0 Å². The Bertz CT molecular complexity index is 857. The number of aliphatic hydroxyl groups excluding tert-OH is 1. The van der Waals surface area contributed by atoms with Gasteiger partial charge in [-0.3, -0.25) is 14.4 Å². The highest BCUT2D eigenvalue weighted by molar-refractivity contribution is 9.09. The van der Waals surface area contributed by atoms with Gasteiger partial charge in [0, 0.05) is 36.3 Å². The minimum Gasteiger partial charge on any atom is -0.465 e. The van der Waals surface area contributed by atoms with E-state index >= 15 is 0 Å². The topological polar surface area (TPSA) is 87.2 Å². The Hall–Kier alpha value is -1.32. The van der Waals surface area contributed by atoms with Crippen LogP contribution in [0.2, 0.25) is 0 Å². The van der Waals surface area contributed by atoms with Gasteiger partial charge in [-0.15, -0.1) is 24.9 Å². The molecule has 0 saturated carbocycles. The van der Waals surface area contributed by atoms with Crippen LogP contribution in [0.15, 0.2) is 25.3 Å². The first kappa shape index (κ1) is 31.2. The van der Waals surface area contributed by atoms with E-state index in [1.54, 1.807) is 22.7 Å². The highest BCUT2D eigenvalue weighted by Gasteiger charge is 2.76. The fourth-order valence-electron chi connectivity index (χ4n) is 6.30. The van der Waals surface area contributed by atoms with E-state index in [0.29, 0.717) is 32.7 Å². The maximum Gasteiger partial charge on any atom is 0.310 e. The number of ether oxygens (including phenoxy) is 1. The molecular formula is C29H45BrN2O5S. The first-order valence-corrected chi connectivity index (χ1v) is 16.1. The van der Waals surface area contributed by atoms with Gasteiger partial charge in [-0.2, -0.15) is 0 Å². The zero-order valence-electron chi connectivity index (χ0n) is 22.8. The summed E-state index contributed by atoms with van der Waals surface area (Å²) in [6.45, 7) is 11.7. The minimum atomic E-state index is -0.643. The van der Waals surface area contributed by atoms with Crippen LogP contribution in [0.4, 0.5) is 0 Å². The van der Waals surface area contributed by atoms with Crippen LogP contribution in [0.5, 0.6) is 0 Å². The van der Waals surface area contributed by atoms with Crippen molar-refractivity contribution >= 4 is 45.5 Å². The van der Waals surface area contributed by atoms with Gasteiger partial charge in [0.2, 0.25) is 11.8 Å². The lowest BCUT2D eigenvalue weighted by Crippen LogP contribution is -2.55. The Morgan fingerprint density at radius 3 is 2.63 bits per heavy atom. The van der Waals surface area contributed by atoms with Gasteiger partial charge in [0.05, 0.1) is 23.2 Å². The summed E-state index contributed by atoms with van der Waals surface area (Å²) in [6, 6.07) is -0.602. The smallest absolute Gasteiger partial charge is 0.310 e. The number of aliphatic hydroxyl groups is 1. The lowest BCUT2D eigenvalue weighted by Gasteiger charge is -2.38. The Kier molecular flexibility index (Phi) is 12.2. The zero-order chi connectivity index (χ0) is 27.7. The number of esters is 1. The van der Waals surface area contributed by atoms with E-state index in [9.17, 15) is 14.4 Å². The second-order valence-electron chi connectivity index (χ2n) is 10.7. The van der Waals surface area contributed by atoms with Crippen LogP contribution in [0.1, 0.15) is 71.1 Å². The fourth-order valence-corrected chi connectivity index (χ4v) is 9.89. The Labute approximate surface area is 240 Å². The number of alkyl halides is 1. The van der Waals surface area contributed by atoms with Gasteiger partial charge >= 0.3 is 5.97 Å². The predicted molar refractivity (Wildman–Crippen MR) is 156 cm³/mol. The maximum atomic E-state index is 14.2. The number of fused-ring (bicyclic) bond motifs is 1. The van der Waals surface area contributed by atoms with E-state index in [1.165, 1.54) is 0 Å². The number of thioether (sulfide) groups is 1. The number of rotatable bonds is 18. The summed E-state index contributed by atoms with van der Waals surface area (Å²) < 4.78 is 5.07. The molecule has 1 N–H and O–H groups in total. The van der Waals surface area contributed by atoms with Crippen molar-refractivity contribution in [3.05, 3.63) is 25.3 Å². The third kappa shape index (κ3) is 6.52. The number of amides is 2. The average molecular weight is 614 g/mol. The number of allylic oxidation sites excluding steroid dienone is 1. The monoisotopic (exact) mass is 612 g/mol. The molecule has 0 aromatic carbocycles. The molecule has 38 heavy (non-hydrogen) atoms. The van der Waals surface area contributed by atoms with Gasteiger partial charge in [-0.25, -0.2) is 0 Å². The average Bonchev–Trinajstić information content (AvgIpc) is 3.49. The summed E-state index contributed by atoms with van der Waals surface area (Å²) in [6.07, 6.45) is 11.9. The molecule has 6 atom stereocenters. The highest BCUT2D eigenvalue weighted by Crippen LogP contribution is 2.68. The van der Waals surface area contributed by atoms with Crippen molar-refractivity contribution in [3.8, 4) is 0 Å². The fraction of sp³-hybridized carbons (Fsp3) is 0.759. The lowest BCUT2D eigenvalue weighted by atomic mass is 9.71. The van der Waals surface area contributed by atoms with Crippen molar-refractivity contribution < 1.29 is 24.2 Å². The van der Waals surface area contributed by atoms with Crippen LogP contribution in [-0.2, 0) is 19.1 Å². The molecule has 9 heteroatoms.